The Bertz CT molecular complexity index is 576. The molecule has 1 saturated heterocycles. The second-order valence-electron chi connectivity index (χ2n) is 5.90. The number of methoxy groups -OCH3 is 1. The van der Waals surface area contributed by atoms with E-state index in [4.69, 9.17) is 10.5 Å². The molecule has 0 aromatic heterocycles. The van der Waals surface area contributed by atoms with Crippen molar-refractivity contribution in [3.05, 3.63) is 29.8 Å². The van der Waals surface area contributed by atoms with E-state index in [1.54, 1.807) is 26.1 Å². The zero-order valence-corrected chi connectivity index (χ0v) is 13.8. The van der Waals surface area contributed by atoms with Crippen molar-refractivity contribution in [2.24, 2.45) is 5.73 Å². The molecule has 3 amide bonds. The second kappa shape index (κ2) is 7.32. The van der Waals surface area contributed by atoms with Gasteiger partial charge in [-0.05, 0) is 17.7 Å². The van der Waals surface area contributed by atoms with E-state index < -0.39 is 0 Å². The van der Waals surface area contributed by atoms with Crippen LogP contribution in [0.4, 0.5) is 4.79 Å². The van der Waals surface area contributed by atoms with Gasteiger partial charge >= 0.3 is 6.03 Å². The Morgan fingerprint density at radius 2 is 2.13 bits per heavy atom. The van der Waals surface area contributed by atoms with E-state index in [2.05, 4.69) is 5.32 Å². The molecule has 0 radical (unpaired) electrons. The number of benzene rings is 1. The topological polar surface area (TPSA) is 87.9 Å². The van der Waals surface area contributed by atoms with Gasteiger partial charge in [-0.15, -0.1) is 0 Å². The quantitative estimate of drug-likeness (QED) is 0.831. The number of nitrogens with two attached hydrogens (primary N) is 1. The number of carbonyl (C=O) groups excluding carboxylic acids is 2. The van der Waals surface area contributed by atoms with Crippen LogP contribution in [0.3, 0.4) is 0 Å². The number of ether oxygens (including phenoxy) is 1. The van der Waals surface area contributed by atoms with Crippen molar-refractivity contribution in [2.45, 2.75) is 12.0 Å². The number of hydrogen-bond acceptors (Lipinski definition) is 4. The maximum Gasteiger partial charge on any atom is 0.317 e. The summed E-state index contributed by atoms with van der Waals surface area (Å²) < 4.78 is 5.24. The zero-order chi connectivity index (χ0) is 17.0. The van der Waals surface area contributed by atoms with Crippen LogP contribution in [0, 0.1) is 0 Å². The lowest BCUT2D eigenvalue weighted by Crippen LogP contribution is -2.43. The van der Waals surface area contributed by atoms with Gasteiger partial charge in [-0.3, -0.25) is 4.79 Å². The molecule has 1 aromatic carbocycles. The maximum absolute atomic E-state index is 12.2. The Morgan fingerprint density at radius 3 is 2.78 bits per heavy atom. The normalized spacial score (nSPS) is 20.3. The number of rotatable bonds is 4. The summed E-state index contributed by atoms with van der Waals surface area (Å²) in [6, 6.07) is 7.33. The van der Waals surface area contributed by atoms with Gasteiger partial charge < -0.3 is 25.6 Å². The van der Waals surface area contributed by atoms with Crippen LogP contribution in [-0.2, 0) is 4.79 Å². The molecule has 0 spiro atoms. The molecule has 3 N–H and O–H groups in total. The Labute approximate surface area is 136 Å². The van der Waals surface area contributed by atoms with Crippen LogP contribution < -0.4 is 15.8 Å². The highest BCUT2D eigenvalue weighted by atomic mass is 16.5. The van der Waals surface area contributed by atoms with E-state index in [1.165, 1.54) is 4.90 Å². The first-order valence-corrected chi connectivity index (χ1v) is 7.55. The molecule has 0 unspecified atom stereocenters. The molecule has 0 aliphatic carbocycles. The lowest BCUT2D eigenvalue weighted by atomic mass is 9.95. The first-order chi connectivity index (χ1) is 10.9. The summed E-state index contributed by atoms with van der Waals surface area (Å²) in [5.74, 6) is 0.720. The number of amides is 3. The molecule has 1 heterocycles. The van der Waals surface area contributed by atoms with E-state index in [-0.39, 0.29) is 30.4 Å². The summed E-state index contributed by atoms with van der Waals surface area (Å²) in [6.45, 7) is 1.01. The first kappa shape index (κ1) is 17.1. The third kappa shape index (κ3) is 4.13. The molecule has 0 saturated carbocycles. The van der Waals surface area contributed by atoms with Gasteiger partial charge in [-0.2, -0.15) is 0 Å². The van der Waals surface area contributed by atoms with Crippen LogP contribution in [0.2, 0.25) is 0 Å². The van der Waals surface area contributed by atoms with E-state index in [0.717, 1.165) is 11.3 Å². The third-order valence-corrected chi connectivity index (χ3v) is 4.04. The van der Waals surface area contributed by atoms with E-state index in [1.807, 2.05) is 24.3 Å². The Hall–Kier alpha value is -2.28. The summed E-state index contributed by atoms with van der Waals surface area (Å²) in [4.78, 5) is 26.8. The third-order valence-electron chi connectivity index (χ3n) is 4.04. The van der Waals surface area contributed by atoms with Crippen LogP contribution in [0.25, 0.3) is 0 Å². The molecule has 1 fully saturated rings. The summed E-state index contributed by atoms with van der Waals surface area (Å²) in [7, 11) is 4.88. The monoisotopic (exact) mass is 320 g/mol. The van der Waals surface area contributed by atoms with Gasteiger partial charge in [0.25, 0.3) is 0 Å². The van der Waals surface area contributed by atoms with Crippen LogP contribution in [0.5, 0.6) is 5.75 Å². The molecule has 2 atom stereocenters. The minimum Gasteiger partial charge on any atom is -0.497 e. The minimum absolute atomic E-state index is 0.0193. The van der Waals surface area contributed by atoms with E-state index in [9.17, 15) is 9.59 Å². The number of likely N-dealkylation sites (tertiary alicyclic amines) is 1. The van der Waals surface area contributed by atoms with Crippen molar-refractivity contribution >= 4 is 11.9 Å². The van der Waals surface area contributed by atoms with Crippen LogP contribution in [0.15, 0.2) is 24.3 Å². The molecular weight excluding hydrogens is 296 g/mol. The van der Waals surface area contributed by atoms with Gasteiger partial charge in [-0.1, -0.05) is 12.1 Å². The average Bonchev–Trinajstić information content (AvgIpc) is 2.94. The van der Waals surface area contributed by atoms with Gasteiger partial charge in [0.2, 0.25) is 5.91 Å². The Kier molecular flexibility index (Phi) is 5.44. The molecule has 1 aromatic rings. The highest BCUT2D eigenvalue weighted by Crippen LogP contribution is 2.28. The van der Waals surface area contributed by atoms with Crippen LogP contribution in [-0.4, -0.2) is 68.6 Å². The van der Waals surface area contributed by atoms with Crippen molar-refractivity contribution in [2.75, 3.05) is 40.8 Å². The zero-order valence-electron chi connectivity index (χ0n) is 13.8. The number of hydrogen-bond donors (Lipinski definition) is 2. The molecule has 2 rings (SSSR count). The fourth-order valence-electron chi connectivity index (χ4n) is 2.68. The molecule has 7 nitrogen and oxygen atoms in total. The van der Waals surface area contributed by atoms with Crippen molar-refractivity contribution in [1.29, 1.82) is 0 Å². The summed E-state index contributed by atoms with van der Waals surface area (Å²) in [5, 5.41) is 2.58. The van der Waals surface area contributed by atoms with Gasteiger partial charge in [0.15, 0.2) is 0 Å². The SMILES string of the molecule is COc1cccc([C@H]2CN(C(=O)CNC(=O)N(C)C)C[C@@H]2N)c1. The lowest BCUT2D eigenvalue weighted by molar-refractivity contribution is -0.129. The van der Waals surface area contributed by atoms with Gasteiger partial charge in [-0.25, -0.2) is 4.79 Å². The molecule has 1 aliphatic heterocycles. The second-order valence-corrected chi connectivity index (χ2v) is 5.90. The highest BCUT2D eigenvalue weighted by Gasteiger charge is 2.34. The highest BCUT2D eigenvalue weighted by molar-refractivity contribution is 5.84. The number of nitrogens with zero attached hydrogens (tertiary/aromatic N) is 2. The summed E-state index contributed by atoms with van der Waals surface area (Å²) >= 11 is 0. The Morgan fingerprint density at radius 1 is 1.39 bits per heavy atom. The van der Waals surface area contributed by atoms with Crippen molar-refractivity contribution < 1.29 is 14.3 Å². The lowest BCUT2D eigenvalue weighted by Gasteiger charge is -2.18. The first-order valence-electron chi connectivity index (χ1n) is 7.55. The number of carbonyl (C=O) groups is 2. The fourth-order valence-corrected chi connectivity index (χ4v) is 2.68. The van der Waals surface area contributed by atoms with E-state index >= 15 is 0 Å². The maximum atomic E-state index is 12.2. The standard InChI is InChI=1S/C16H24N4O3/c1-19(2)16(22)18-8-15(21)20-9-13(14(17)10-20)11-5-4-6-12(7-11)23-3/h4-7,13-14H,8-10,17H2,1-3H3,(H,18,22)/t13-,14+/m1/s1. The van der Waals surface area contributed by atoms with Crippen molar-refractivity contribution in [1.82, 2.24) is 15.1 Å². The minimum atomic E-state index is -0.286. The number of nitrogens with one attached hydrogen (secondary N) is 1. The molecule has 1 aliphatic rings. The van der Waals surface area contributed by atoms with Gasteiger partial charge in [0, 0.05) is 39.1 Å². The smallest absolute Gasteiger partial charge is 0.317 e. The molecule has 126 valence electrons. The molecule has 7 heteroatoms. The number of urea groups is 1. The van der Waals surface area contributed by atoms with Gasteiger partial charge in [0.1, 0.15) is 5.75 Å². The van der Waals surface area contributed by atoms with E-state index in [0.29, 0.717) is 13.1 Å². The van der Waals surface area contributed by atoms with Crippen molar-refractivity contribution in [3.8, 4) is 5.75 Å². The Balaban J connectivity index is 1.97. The van der Waals surface area contributed by atoms with Crippen LogP contribution >= 0.6 is 0 Å². The summed E-state index contributed by atoms with van der Waals surface area (Å²) in [5.41, 5.74) is 7.26. The largest absolute Gasteiger partial charge is 0.497 e. The van der Waals surface area contributed by atoms with Crippen molar-refractivity contribution in [3.63, 3.8) is 0 Å². The average molecular weight is 320 g/mol. The molecule has 23 heavy (non-hydrogen) atoms. The fraction of sp³-hybridized carbons (Fsp3) is 0.500. The van der Waals surface area contributed by atoms with Crippen LogP contribution in [0.1, 0.15) is 11.5 Å². The van der Waals surface area contributed by atoms with Gasteiger partial charge in [0.05, 0.1) is 13.7 Å². The molecule has 0 bridgehead atoms. The summed E-state index contributed by atoms with van der Waals surface area (Å²) in [6.07, 6.45) is 0. The molecular formula is C16H24N4O3. The predicted octanol–water partition coefficient (Wildman–Crippen LogP) is 0.220. The predicted molar refractivity (Wildman–Crippen MR) is 87.4 cm³/mol.